The van der Waals surface area contributed by atoms with E-state index in [1.54, 1.807) is 6.20 Å². The van der Waals surface area contributed by atoms with Crippen LogP contribution in [0, 0.1) is 12.3 Å². The first kappa shape index (κ1) is 25.2. The van der Waals surface area contributed by atoms with E-state index in [-0.39, 0.29) is 11.8 Å². The van der Waals surface area contributed by atoms with Gasteiger partial charge in [0, 0.05) is 44.1 Å². The summed E-state index contributed by atoms with van der Waals surface area (Å²) < 4.78 is 31.7. The number of amides is 2. The second-order valence-corrected chi connectivity index (χ2v) is 8.57. The summed E-state index contributed by atoms with van der Waals surface area (Å²) in [7, 11) is 0. The summed E-state index contributed by atoms with van der Waals surface area (Å²) in [4.78, 5) is 43.1. The molecule has 1 aromatic carbocycles. The van der Waals surface area contributed by atoms with Crippen molar-refractivity contribution in [3.63, 3.8) is 0 Å². The van der Waals surface area contributed by atoms with E-state index in [0.717, 1.165) is 49.0 Å². The number of pyridine rings is 1. The monoisotopic (exact) mass is 477 g/mol. The van der Waals surface area contributed by atoms with Gasteiger partial charge in [-0.2, -0.15) is 13.2 Å². The van der Waals surface area contributed by atoms with Crippen molar-refractivity contribution >= 4 is 17.8 Å². The van der Waals surface area contributed by atoms with Gasteiger partial charge in [-0.05, 0) is 49.4 Å². The number of alkyl halides is 3. The zero-order chi connectivity index (χ0) is 24.9. The van der Waals surface area contributed by atoms with Crippen LogP contribution in [0.2, 0.25) is 0 Å². The van der Waals surface area contributed by atoms with Crippen molar-refractivity contribution in [1.29, 1.82) is 0 Å². The summed E-state index contributed by atoms with van der Waals surface area (Å²) >= 11 is 0. The number of carbonyl (C=O) groups excluding carboxylic acids is 2. The molecule has 3 heterocycles. The highest BCUT2D eigenvalue weighted by Gasteiger charge is 2.49. The second-order valence-electron chi connectivity index (χ2n) is 8.57. The topological polar surface area (TPSA) is 90.8 Å². The molecule has 4 rings (SSSR count). The van der Waals surface area contributed by atoms with Gasteiger partial charge in [-0.1, -0.05) is 24.3 Å². The summed E-state index contributed by atoms with van der Waals surface area (Å²) in [6, 6.07) is 11.6. The molecule has 0 saturated carbocycles. The van der Waals surface area contributed by atoms with Crippen molar-refractivity contribution < 1.29 is 32.7 Å². The lowest BCUT2D eigenvalue weighted by Gasteiger charge is -2.39. The summed E-state index contributed by atoms with van der Waals surface area (Å²) in [5, 5.41) is 7.12. The Bertz CT molecular complexity index is 1050. The molecule has 2 aliphatic rings. The number of rotatable bonds is 3. The number of carbonyl (C=O) groups is 3. The van der Waals surface area contributed by atoms with Gasteiger partial charge < -0.3 is 14.9 Å². The molecule has 0 aliphatic carbocycles. The van der Waals surface area contributed by atoms with E-state index in [2.05, 4.69) is 4.98 Å². The summed E-state index contributed by atoms with van der Waals surface area (Å²) in [5.41, 5.74) is 2.36. The van der Waals surface area contributed by atoms with Gasteiger partial charge in [0.1, 0.15) is 0 Å². The molecular formula is C24H26F3N3O4. The highest BCUT2D eigenvalue weighted by atomic mass is 19.4. The minimum absolute atomic E-state index is 0.0469. The quantitative estimate of drug-likeness (QED) is 0.729. The number of hydrogen-bond donors (Lipinski definition) is 1. The molecule has 2 aliphatic heterocycles. The zero-order valence-electron chi connectivity index (χ0n) is 18.7. The Morgan fingerprint density at radius 2 is 1.82 bits per heavy atom. The molecule has 10 heteroatoms. The molecule has 1 unspecified atom stereocenters. The van der Waals surface area contributed by atoms with Crippen LogP contribution >= 0.6 is 0 Å². The number of benzene rings is 1. The predicted octanol–water partition coefficient (Wildman–Crippen LogP) is 3.68. The molecule has 2 aromatic rings. The first-order valence-electron chi connectivity index (χ1n) is 10.9. The van der Waals surface area contributed by atoms with E-state index in [1.807, 2.05) is 59.3 Å². The van der Waals surface area contributed by atoms with Crippen molar-refractivity contribution in [3.05, 3.63) is 65.5 Å². The van der Waals surface area contributed by atoms with E-state index in [1.165, 1.54) is 0 Å². The van der Waals surface area contributed by atoms with Crippen LogP contribution in [0.3, 0.4) is 0 Å². The van der Waals surface area contributed by atoms with Crippen LogP contribution in [-0.4, -0.2) is 63.5 Å². The Labute approximate surface area is 195 Å². The zero-order valence-corrected chi connectivity index (χ0v) is 18.7. The third kappa shape index (κ3) is 5.73. The van der Waals surface area contributed by atoms with Crippen molar-refractivity contribution in [2.45, 2.75) is 38.9 Å². The maximum atomic E-state index is 13.2. The van der Waals surface area contributed by atoms with E-state index >= 15 is 0 Å². The standard InChI is InChI=1S/C22H25N3O2.C2HF3O2/c1-17-6-2-3-8-19(17)20(26)25-12-5-9-22(16-25)10-13-24(21(22)27)15-18-7-4-11-23-14-18;3-2(4,5)1(6)7/h2-4,6-8,11,14H,5,9-10,12-13,15-16H2,1H3;(H,6,7). The minimum Gasteiger partial charge on any atom is -0.475 e. The van der Waals surface area contributed by atoms with Gasteiger partial charge in [0.15, 0.2) is 0 Å². The molecule has 7 nitrogen and oxygen atoms in total. The maximum absolute atomic E-state index is 13.2. The molecule has 2 fully saturated rings. The first-order valence-corrected chi connectivity index (χ1v) is 10.9. The van der Waals surface area contributed by atoms with Gasteiger partial charge >= 0.3 is 12.1 Å². The van der Waals surface area contributed by atoms with Crippen LogP contribution < -0.4 is 0 Å². The number of piperidine rings is 1. The van der Waals surface area contributed by atoms with Crippen molar-refractivity contribution in [2.75, 3.05) is 19.6 Å². The highest BCUT2D eigenvalue weighted by molar-refractivity contribution is 5.96. The fraction of sp³-hybridized carbons (Fsp3) is 0.417. The Balaban J connectivity index is 0.000000406. The number of carboxylic acids is 1. The average Bonchev–Trinajstić information content (AvgIpc) is 3.09. The molecule has 182 valence electrons. The number of likely N-dealkylation sites (tertiary alicyclic amines) is 2. The average molecular weight is 477 g/mol. The van der Waals surface area contributed by atoms with E-state index in [9.17, 15) is 22.8 Å². The van der Waals surface area contributed by atoms with E-state index in [4.69, 9.17) is 9.90 Å². The lowest BCUT2D eigenvalue weighted by atomic mass is 9.78. The number of aliphatic carboxylic acids is 1. The highest BCUT2D eigenvalue weighted by Crippen LogP contribution is 2.41. The molecule has 1 aromatic heterocycles. The first-order chi connectivity index (χ1) is 16.0. The summed E-state index contributed by atoms with van der Waals surface area (Å²) in [6.07, 6.45) is 1.04. The van der Waals surface area contributed by atoms with Gasteiger partial charge in [0.25, 0.3) is 5.91 Å². The fourth-order valence-corrected chi connectivity index (χ4v) is 4.42. The minimum atomic E-state index is -5.08. The summed E-state index contributed by atoms with van der Waals surface area (Å²) in [6.45, 7) is 4.57. The van der Waals surface area contributed by atoms with E-state index in [0.29, 0.717) is 13.1 Å². The Morgan fingerprint density at radius 1 is 1.12 bits per heavy atom. The van der Waals surface area contributed by atoms with Crippen LogP contribution in [0.4, 0.5) is 13.2 Å². The van der Waals surface area contributed by atoms with Gasteiger partial charge in [-0.15, -0.1) is 0 Å². The molecule has 0 radical (unpaired) electrons. The van der Waals surface area contributed by atoms with E-state index < -0.39 is 17.6 Å². The molecule has 1 spiro atoms. The van der Waals surface area contributed by atoms with Gasteiger partial charge in [-0.3, -0.25) is 14.6 Å². The molecule has 1 atom stereocenters. The Kier molecular flexibility index (Phi) is 7.58. The van der Waals surface area contributed by atoms with Crippen LogP contribution in [0.15, 0.2) is 48.8 Å². The Morgan fingerprint density at radius 3 is 2.44 bits per heavy atom. The van der Waals surface area contributed by atoms with Gasteiger partial charge in [0.05, 0.1) is 5.41 Å². The number of hydrogen-bond acceptors (Lipinski definition) is 4. The number of aryl methyl sites for hydroxylation is 1. The number of halogens is 3. The molecule has 2 saturated heterocycles. The third-order valence-corrected chi connectivity index (χ3v) is 6.18. The Hall–Kier alpha value is -3.43. The number of nitrogens with zero attached hydrogens (tertiary/aromatic N) is 3. The van der Waals surface area contributed by atoms with Crippen LogP contribution in [0.5, 0.6) is 0 Å². The van der Waals surface area contributed by atoms with Crippen LogP contribution in [0.25, 0.3) is 0 Å². The fourth-order valence-electron chi connectivity index (χ4n) is 4.42. The second kappa shape index (κ2) is 10.2. The van der Waals surface area contributed by atoms with Gasteiger partial charge in [-0.25, -0.2) is 4.79 Å². The lowest BCUT2D eigenvalue weighted by molar-refractivity contribution is -0.192. The normalized spacial score (nSPS) is 20.2. The van der Waals surface area contributed by atoms with Crippen LogP contribution in [-0.2, 0) is 16.1 Å². The number of carboxylic acid groups (broad SMARTS) is 1. The SMILES string of the molecule is Cc1ccccc1C(=O)N1CCCC2(CCN(Cc3cccnc3)C2=O)C1.O=C(O)C(F)(F)F. The lowest BCUT2D eigenvalue weighted by Crippen LogP contribution is -2.49. The molecular weight excluding hydrogens is 451 g/mol. The maximum Gasteiger partial charge on any atom is 0.490 e. The smallest absolute Gasteiger partial charge is 0.475 e. The van der Waals surface area contributed by atoms with Crippen molar-refractivity contribution in [2.24, 2.45) is 5.41 Å². The molecule has 34 heavy (non-hydrogen) atoms. The predicted molar refractivity (Wildman–Crippen MR) is 117 cm³/mol. The van der Waals surface area contributed by atoms with Crippen LogP contribution in [0.1, 0.15) is 40.7 Å². The van der Waals surface area contributed by atoms with Gasteiger partial charge in [0.2, 0.25) is 5.91 Å². The largest absolute Gasteiger partial charge is 0.490 e. The molecule has 1 N–H and O–H groups in total. The molecule has 2 amide bonds. The van der Waals surface area contributed by atoms with Crippen molar-refractivity contribution in [1.82, 2.24) is 14.8 Å². The summed E-state index contributed by atoms with van der Waals surface area (Å²) in [5.74, 6) is -2.52. The third-order valence-electron chi connectivity index (χ3n) is 6.18. The number of aromatic nitrogens is 1. The van der Waals surface area contributed by atoms with Crippen molar-refractivity contribution in [3.8, 4) is 0 Å². The molecule has 0 bridgehead atoms.